The number of rotatable bonds is 5. The number of benzene rings is 2. The Bertz CT molecular complexity index is 785. The van der Waals surface area contributed by atoms with Crippen LogP contribution in [-0.2, 0) is 9.22 Å². The Labute approximate surface area is 137 Å². The Hall–Kier alpha value is -2.15. The van der Waals surface area contributed by atoms with Gasteiger partial charge in [0.2, 0.25) is 0 Å². The second-order valence-electron chi connectivity index (χ2n) is 4.81. The van der Waals surface area contributed by atoms with E-state index >= 15 is 0 Å². The highest BCUT2D eigenvalue weighted by molar-refractivity contribution is 7.94. The molecule has 23 heavy (non-hydrogen) atoms. The van der Waals surface area contributed by atoms with Crippen molar-refractivity contribution >= 4 is 12.0 Å². The number of nitrogens with zero attached hydrogens (tertiary/aromatic N) is 1. The van der Waals surface area contributed by atoms with E-state index in [1.807, 2.05) is 31.2 Å². The summed E-state index contributed by atoms with van der Waals surface area (Å²) in [5.74, 6) is 0.414. The fourth-order valence-electron chi connectivity index (χ4n) is 2.27. The number of halogens is 1. The molecule has 0 saturated carbocycles. The van der Waals surface area contributed by atoms with Crippen molar-refractivity contribution < 1.29 is 18.1 Å². The Balaban J connectivity index is 1.96. The van der Waals surface area contributed by atoms with E-state index in [1.54, 1.807) is 12.1 Å². The Morgan fingerprint density at radius 1 is 1.00 bits per heavy atom. The maximum atomic E-state index is 13.1. The van der Waals surface area contributed by atoms with Crippen LogP contribution in [0.1, 0.15) is 5.76 Å². The van der Waals surface area contributed by atoms with Crippen LogP contribution in [0.4, 0.5) is 4.39 Å². The molecule has 0 aliphatic carbocycles. The van der Waals surface area contributed by atoms with E-state index < -0.39 is 0 Å². The van der Waals surface area contributed by atoms with E-state index in [2.05, 4.69) is 10.0 Å². The molecule has 3 aromatic rings. The Morgan fingerprint density at radius 3 is 2.30 bits per heavy atom. The van der Waals surface area contributed by atoms with Crippen LogP contribution in [0, 0.1) is 12.7 Å². The molecule has 0 aliphatic rings. The van der Waals surface area contributed by atoms with Gasteiger partial charge in [-0.1, -0.05) is 29.4 Å². The highest BCUT2D eigenvalue weighted by atomic mass is 32.2. The van der Waals surface area contributed by atoms with Crippen LogP contribution < -0.4 is 0 Å². The summed E-state index contributed by atoms with van der Waals surface area (Å²) in [6.45, 7) is 1.84. The monoisotopic (exact) mass is 331 g/mol. The molecular weight excluding hydrogens is 317 g/mol. The van der Waals surface area contributed by atoms with Gasteiger partial charge in [0.1, 0.15) is 17.3 Å². The maximum absolute atomic E-state index is 13.1. The van der Waals surface area contributed by atoms with E-state index in [0.29, 0.717) is 5.76 Å². The first-order valence-corrected chi connectivity index (χ1v) is 7.63. The topological polar surface area (TPSA) is 44.5 Å². The van der Waals surface area contributed by atoms with Gasteiger partial charge in [-0.2, -0.15) is 4.33 Å². The molecule has 1 aromatic heterocycles. The summed E-state index contributed by atoms with van der Waals surface area (Å²) in [6.07, 6.45) is 0. The molecule has 2 aromatic carbocycles. The van der Waals surface area contributed by atoms with Gasteiger partial charge in [0.15, 0.2) is 0 Å². The van der Waals surface area contributed by atoms with E-state index in [4.69, 9.17) is 8.86 Å². The van der Waals surface area contributed by atoms with Gasteiger partial charge >= 0.3 is 0 Å². The fraction of sp³-hybridized carbons (Fsp3) is 0.118. The zero-order valence-corrected chi connectivity index (χ0v) is 13.4. The Kier molecular flexibility index (Phi) is 4.76. The van der Waals surface area contributed by atoms with Crippen LogP contribution in [0.2, 0.25) is 0 Å². The third-order valence-electron chi connectivity index (χ3n) is 3.32. The van der Waals surface area contributed by atoms with E-state index in [0.717, 1.165) is 39.3 Å². The normalized spacial score (nSPS) is 10.9. The second kappa shape index (κ2) is 6.95. The molecule has 0 spiro atoms. The van der Waals surface area contributed by atoms with Crippen LogP contribution in [-0.4, -0.2) is 12.3 Å². The molecule has 6 heteroatoms. The van der Waals surface area contributed by atoms with Gasteiger partial charge in [-0.25, -0.2) is 9.28 Å². The molecule has 3 rings (SSSR count). The minimum absolute atomic E-state index is 0.274. The smallest absolute Gasteiger partial charge is 0.142 e. The summed E-state index contributed by atoms with van der Waals surface area (Å²) in [6, 6.07) is 13.9. The lowest BCUT2D eigenvalue weighted by molar-refractivity contribution is -0.160. The van der Waals surface area contributed by atoms with Gasteiger partial charge in [-0.3, -0.25) is 0 Å². The van der Waals surface area contributed by atoms with Crippen molar-refractivity contribution in [1.29, 1.82) is 0 Å². The first-order chi connectivity index (χ1) is 11.2. The van der Waals surface area contributed by atoms with Crippen LogP contribution in [0.5, 0.6) is 0 Å². The Morgan fingerprint density at radius 2 is 1.65 bits per heavy atom. The highest BCUT2D eigenvalue weighted by Crippen LogP contribution is 2.35. The molecule has 1 heterocycles. The molecule has 0 amide bonds. The zero-order valence-electron chi connectivity index (χ0n) is 12.6. The predicted molar refractivity (Wildman–Crippen MR) is 86.0 cm³/mol. The number of hydrogen-bond acceptors (Lipinski definition) is 5. The summed E-state index contributed by atoms with van der Waals surface area (Å²) in [5, 5.41) is 4.15. The lowest BCUT2D eigenvalue weighted by Crippen LogP contribution is -1.85. The molecule has 0 aliphatic heterocycles. The minimum Gasteiger partial charge on any atom is -0.360 e. The largest absolute Gasteiger partial charge is 0.360 e. The average molecular weight is 331 g/mol. The van der Waals surface area contributed by atoms with Crippen molar-refractivity contribution in [2.45, 2.75) is 11.8 Å². The molecule has 0 fully saturated rings. The van der Waals surface area contributed by atoms with Crippen molar-refractivity contribution in [1.82, 2.24) is 5.16 Å². The molecule has 0 bridgehead atoms. The fourth-order valence-corrected chi connectivity index (χ4v) is 2.66. The number of hydrogen-bond donors (Lipinski definition) is 0. The molecule has 0 N–H and O–H groups in total. The van der Waals surface area contributed by atoms with Crippen molar-refractivity contribution in [3.63, 3.8) is 0 Å². The summed E-state index contributed by atoms with van der Waals surface area (Å²) >= 11 is 1.12. The minimum atomic E-state index is -0.274. The van der Waals surface area contributed by atoms with Gasteiger partial charge in [0.05, 0.1) is 24.7 Å². The first kappa shape index (κ1) is 15.7. The highest BCUT2D eigenvalue weighted by Gasteiger charge is 2.16. The van der Waals surface area contributed by atoms with Crippen LogP contribution >= 0.6 is 12.0 Å². The first-order valence-electron chi connectivity index (χ1n) is 6.89. The summed E-state index contributed by atoms with van der Waals surface area (Å²) < 4.78 is 23.3. The molecule has 0 radical (unpaired) electrons. The number of aromatic nitrogens is 1. The molecule has 4 nitrogen and oxygen atoms in total. The van der Waals surface area contributed by atoms with Gasteiger partial charge in [0, 0.05) is 10.5 Å². The van der Waals surface area contributed by atoms with Crippen molar-refractivity contribution in [2.24, 2.45) is 0 Å². The van der Waals surface area contributed by atoms with Crippen LogP contribution in [0.25, 0.3) is 22.4 Å². The quantitative estimate of drug-likeness (QED) is 0.372. The van der Waals surface area contributed by atoms with Gasteiger partial charge in [-0.05, 0) is 36.8 Å². The second-order valence-corrected chi connectivity index (χ2v) is 5.59. The van der Waals surface area contributed by atoms with Gasteiger partial charge in [0.25, 0.3) is 0 Å². The van der Waals surface area contributed by atoms with E-state index in [-0.39, 0.29) is 5.82 Å². The molecule has 118 valence electrons. The average Bonchev–Trinajstić information content (AvgIpc) is 2.96. The van der Waals surface area contributed by atoms with E-state index in [1.165, 1.54) is 19.2 Å². The van der Waals surface area contributed by atoms with Crippen LogP contribution in [0.3, 0.4) is 0 Å². The van der Waals surface area contributed by atoms with Crippen molar-refractivity contribution in [3.05, 3.63) is 60.1 Å². The summed E-state index contributed by atoms with van der Waals surface area (Å²) in [4.78, 5) is 5.46. The van der Waals surface area contributed by atoms with Gasteiger partial charge in [-0.15, -0.1) is 0 Å². The summed E-state index contributed by atoms with van der Waals surface area (Å²) in [7, 11) is 1.45. The van der Waals surface area contributed by atoms with Crippen LogP contribution in [0.15, 0.2) is 57.9 Å². The molecule has 0 saturated heterocycles. The zero-order chi connectivity index (χ0) is 16.2. The molecule has 0 unspecified atom stereocenters. The van der Waals surface area contributed by atoms with Crippen molar-refractivity contribution in [2.75, 3.05) is 7.11 Å². The molecular formula is C17H14FNO3S. The standard InChI is InChI=1S/C17H14FNO3S/c1-11-16(12-3-7-14(18)8-4-12)17(19-21-11)13-5-9-15(10-6-13)23-22-20-2/h3-10H,1-2H3. The third kappa shape index (κ3) is 3.44. The predicted octanol–water partition coefficient (Wildman–Crippen LogP) is 5.04. The molecule has 0 atom stereocenters. The lowest BCUT2D eigenvalue weighted by atomic mass is 9.99. The van der Waals surface area contributed by atoms with Gasteiger partial charge < -0.3 is 4.52 Å². The SMILES string of the molecule is COOSc1ccc(-c2noc(C)c2-c2ccc(F)cc2)cc1. The maximum Gasteiger partial charge on any atom is 0.142 e. The third-order valence-corrected chi connectivity index (χ3v) is 3.99. The number of aryl methyl sites for hydroxylation is 1. The lowest BCUT2D eigenvalue weighted by Gasteiger charge is -2.04. The van der Waals surface area contributed by atoms with Crippen molar-refractivity contribution in [3.8, 4) is 22.4 Å². The summed E-state index contributed by atoms with van der Waals surface area (Å²) in [5.41, 5.74) is 3.35. The van der Waals surface area contributed by atoms with E-state index in [9.17, 15) is 4.39 Å².